The molecule has 3 rings (SSSR count). The Hall–Kier alpha value is -1.10. The van der Waals surface area contributed by atoms with Gasteiger partial charge in [0.25, 0.3) is 0 Å². The molecular formula is C12H14Cl2FN3. The van der Waals surface area contributed by atoms with E-state index >= 15 is 0 Å². The SMILES string of the molecule is Cl.Cl.Fc1ccc(-c2cn(C3CNC3)cn2)cc1. The van der Waals surface area contributed by atoms with Gasteiger partial charge in [-0.05, 0) is 24.3 Å². The van der Waals surface area contributed by atoms with Crippen LogP contribution >= 0.6 is 24.8 Å². The van der Waals surface area contributed by atoms with E-state index in [0.29, 0.717) is 6.04 Å². The van der Waals surface area contributed by atoms with E-state index in [4.69, 9.17) is 0 Å². The Morgan fingerprint density at radius 3 is 2.39 bits per heavy atom. The van der Waals surface area contributed by atoms with E-state index in [9.17, 15) is 4.39 Å². The summed E-state index contributed by atoms with van der Waals surface area (Å²) in [5.74, 6) is -0.216. The molecular weight excluding hydrogens is 276 g/mol. The van der Waals surface area contributed by atoms with Gasteiger partial charge in [-0.2, -0.15) is 0 Å². The first-order valence-corrected chi connectivity index (χ1v) is 5.33. The molecule has 0 atom stereocenters. The number of aromatic nitrogens is 2. The zero-order chi connectivity index (χ0) is 11.0. The minimum atomic E-state index is -0.216. The Kier molecular flexibility index (Phi) is 5.14. The number of nitrogens with zero attached hydrogens (tertiary/aromatic N) is 2. The lowest BCUT2D eigenvalue weighted by atomic mass is 10.1. The van der Waals surface area contributed by atoms with Crippen molar-refractivity contribution in [2.75, 3.05) is 13.1 Å². The second-order valence-corrected chi connectivity index (χ2v) is 4.03. The molecule has 0 radical (unpaired) electrons. The maximum atomic E-state index is 12.8. The van der Waals surface area contributed by atoms with Crippen LogP contribution in [0.4, 0.5) is 4.39 Å². The van der Waals surface area contributed by atoms with Crippen LogP contribution in [0.2, 0.25) is 0 Å². The largest absolute Gasteiger partial charge is 0.331 e. The van der Waals surface area contributed by atoms with Crippen LogP contribution in [-0.2, 0) is 0 Å². The van der Waals surface area contributed by atoms with Crippen LogP contribution in [0.25, 0.3) is 11.3 Å². The molecule has 0 bridgehead atoms. The van der Waals surface area contributed by atoms with Crippen molar-refractivity contribution in [1.29, 1.82) is 0 Å². The lowest BCUT2D eigenvalue weighted by Crippen LogP contribution is -2.42. The fourth-order valence-electron chi connectivity index (χ4n) is 1.79. The molecule has 1 aromatic carbocycles. The van der Waals surface area contributed by atoms with E-state index < -0.39 is 0 Å². The molecule has 6 heteroatoms. The first kappa shape index (κ1) is 15.0. The molecule has 3 nitrogen and oxygen atoms in total. The molecule has 1 aromatic heterocycles. The van der Waals surface area contributed by atoms with Gasteiger partial charge < -0.3 is 9.88 Å². The zero-order valence-corrected chi connectivity index (χ0v) is 11.2. The normalized spacial score (nSPS) is 14.3. The lowest BCUT2D eigenvalue weighted by molar-refractivity contribution is 0.343. The van der Waals surface area contributed by atoms with Gasteiger partial charge in [0.1, 0.15) is 5.82 Å². The monoisotopic (exact) mass is 289 g/mol. The van der Waals surface area contributed by atoms with Crippen molar-refractivity contribution in [3.05, 3.63) is 42.6 Å². The molecule has 0 aliphatic carbocycles. The highest BCUT2D eigenvalue weighted by atomic mass is 35.5. The van der Waals surface area contributed by atoms with Crippen LogP contribution in [0, 0.1) is 5.82 Å². The number of hydrogen-bond acceptors (Lipinski definition) is 2. The summed E-state index contributed by atoms with van der Waals surface area (Å²) in [6, 6.07) is 6.93. The van der Waals surface area contributed by atoms with Crippen LogP contribution in [0.5, 0.6) is 0 Å². The average molecular weight is 290 g/mol. The number of hydrogen-bond donors (Lipinski definition) is 1. The average Bonchev–Trinajstić information content (AvgIpc) is 2.65. The van der Waals surface area contributed by atoms with Crippen molar-refractivity contribution >= 4 is 24.8 Å². The van der Waals surface area contributed by atoms with Crippen LogP contribution in [0.3, 0.4) is 0 Å². The highest BCUT2D eigenvalue weighted by Gasteiger charge is 2.18. The highest BCUT2D eigenvalue weighted by molar-refractivity contribution is 5.85. The van der Waals surface area contributed by atoms with Gasteiger partial charge in [0.15, 0.2) is 0 Å². The summed E-state index contributed by atoms with van der Waals surface area (Å²) in [6.45, 7) is 2.00. The molecule has 1 aliphatic rings. The van der Waals surface area contributed by atoms with Gasteiger partial charge in [-0.15, -0.1) is 24.8 Å². The van der Waals surface area contributed by atoms with E-state index in [1.54, 1.807) is 12.1 Å². The quantitative estimate of drug-likeness (QED) is 0.921. The van der Waals surface area contributed by atoms with Crippen LogP contribution in [-0.4, -0.2) is 22.6 Å². The molecule has 2 heterocycles. The van der Waals surface area contributed by atoms with E-state index in [0.717, 1.165) is 24.3 Å². The summed E-state index contributed by atoms with van der Waals surface area (Å²) in [5, 5.41) is 3.22. The molecule has 98 valence electrons. The van der Waals surface area contributed by atoms with Gasteiger partial charge in [-0.3, -0.25) is 0 Å². The first-order valence-electron chi connectivity index (χ1n) is 5.33. The van der Waals surface area contributed by atoms with Gasteiger partial charge in [-0.1, -0.05) is 0 Å². The smallest absolute Gasteiger partial charge is 0.123 e. The number of benzene rings is 1. The molecule has 0 spiro atoms. The van der Waals surface area contributed by atoms with E-state index in [1.165, 1.54) is 12.1 Å². The van der Waals surface area contributed by atoms with Gasteiger partial charge >= 0.3 is 0 Å². The molecule has 0 saturated carbocycles. The van der Waals surface area contributed by atoms with Gasteiger partial charge in [0.05, 0.1) is 18.1 Å². The molecule has 1 aliphatic heterocycles. The zero-order valence-electron chi connectivity index (χ0n) is 9.54. The summed E-state index contributed by atoms with van der Waals surface area (Å²) in [5.41, 5.74) is 1.85. The number of halogens is 3. The fraction of sp³-hybridized carbons (Fsp3) is 0.250. The highest BCUT2D eigenvalue weighted by Crippen LogP contribution is 2.20. The van der Waals surface area contributed by atoms with Crippen molar-refractivity contribution in [2.24, 2.45) is 0 Å². The maximum absolute atomic E-state index is 12.8. The number of rotatable bonds is 2. The van der Waals surface area contributed by atoms with Gasteiger partial charge in [0.2, 0.25) is 0 Å². The molecule has 1 N–H and O–H groups in total. The van der Waals surface area contributed by atoms with E-state index in [2.05, 4.69) is 14.9 Å². The fourth-order valence-corrected chi connectivity index (χ4v) is 1.79. The summed E-state index contributed by atoms with van der Waals surface area (Å²) >= 11 is 0. The summed E-state index contributed by atoms with van der Waals surface area (Å²) in [6.07, 6.45) is 3.85. The Bertz CT molecular complexity index is 494. The Morgan fingerprint density at radius 2 is 1.83 bits per heavy atom. The predicted molar refractivity (Wildman–Crippen MR) is 74.0 cm³/mol. The molecule has 0 amide bonds. The van der Waals surface area contributed by atoms with Crippen LogP contribution in [0.1, 0.15) is 6.04 Å². The lowest BCUT2D eigenvalue weighted by Gasteiger charge is -2.27. The minimum Gasteiger partial charge on any atom is -0.331 e. The predicted octanol–water partition coefficient (Wildman–Crippen LogP) is 2.68. The van der Waals surface area contributed by atoms with Crippen molar-refractivity contribution < 1.29 is 4.39 Å². The Morgan fingerprint density at radius 1 is 1.17 bits per heavy atom. The summed E-state index contributed by atoms with van der Waals surface area (Å²) < 4.78 is 14.9. The number of nitrogens with one attached hydrogen (secondary N) is 1. The standard InChI is InChI=1S/C12H12FN3.2ClH/c13-10-3-1-9(2-4-10)12-7-16(8-15-12)11-5-14-6-11;;/h1-4,7-8,11,14H,5-6H2;2*1H. The second kappa shape index (κ2) is 6.18. The van der Waals surface area contributed by atoms with E-state index in [-0.39, 0.29) is 30.6 Å². The third-order valence-corrected chi connectivity index (χ3v) is 2.92. The van der Waals surface area contributed by atoms with Crippen molar-refractivity contribution in [2.45, 2.75) is 6.04 Å². The van der Waals surface area contributed by atoms with Crippen molar-refractivity contribution in [3.63, 3.8) is 0 Å². The molecule has 18 heavy (non-hydrogen) atoms. The van der Waals surface area contributed by atoms with Crippen LogP contribution < -0.4 is 5.32 Å². The molecule has 0 unspecified atom stereocenters. The molecule has 2 aromatic rings. The topological polar surface area (TPSA) is 29.9 Å². The van der Waals surface area contributed by atoms with E-state index in [1.807, 2.05) is 12.5 Å². The van der Waals surface area contributed by atoms with Crippen LogP contribution in [0.15, 0.2) is 36.8 Å². The maximum Gasteiger partial charge on any atom is 0.123 e. The third kappa shape index (κ3) is 2.83. The van der Waals surface area contributed by atoms with Gasteiger partial charge in [0, 0.05) is 24.8 Å². The Labute approximate surface area is 117 Å². The first-order chi connectivity index (χ1) is 7.83. The number of imidazole rings is 1. The molecule has 1 saturated heterocycles. The third-order valence-electron chi connectivity index (χ3n) is 2.92. The summed E-state index contributed by atoms with van der Waals surface area (Å²) in [4.78, 5) is 4.33. The minimum absolute atomic E-state index is 0. The Balaban J connectivity index is 0.000000810. The van der Waals surface area contributed by atoms with Gasteiger partial charge in [-0.25, -0.2) is 9.37 Å². The van der Waals surface area contributed by atoms with Crippen molar-refractivity contribution in [3.8, 4) is 11.3 Å². The summed E-state index contributed by atoms with van der Waals surface area (Å²) in [7, 11) is 0. The van der Waals surface area contributed by atoms with Crippen molar-refractivity contribution in [1.82, 2.24) is 14.9 Å². The molecule has 1 fully saturated rings. The second-order valence-electron chi connectivity index (χ2n) is 4.03.